The van der Waals surface area contributed by atoms with Gasteiger partial charge >= 0.3 is 0 Å². The molecule has 0 spiro atoms. The van der Waals surface area contributed by atoms with Crippen molar-refractivity contribution in [3.8, 4) is 0 Å². The zero-order valence-corrected chi connectivity index (χ0v) is 9.17. The van der Waals surface area contributed by atoms with E-state index in [0.717, 1.165) is 32.5 Å². The molecule has 1 aliphatic carbocycles. The minimum Gasteiger partial charge on any atom is -0.389 e. The van der Waals surface area contributed by atoms with Gasteiger partial charge in [-0.15, -0.1) is 0 Å². The minimum absolute atomic E-state index is 0.399. The van der Waals surface area contributed by atoms with Gasteiger partial charge in [-0.05, 0) is 25.2 Å². The predicted octanol–water partition coefficient (Wildman–Crippen LogP) is 2.35. The Bertz CT molecular complexity index is 183. The molecule has 2 nitrogen and oxygen atoms in total. The van der Waals surface area contributed by atoms with Crippen LogP contribution in [0.2, 0.25) is 0 Å². The highest BCUT2D eigenvalue weighted by Crippen LogP contribution is 2.43. The van der Waals surface area contributed by atoms with Gasteiger partial charge in [-0.25, -0.2) is 0 Å². The van der Waals surface area contributed by atoms with Crippen LogP contribution in [0.5, 0.6) is 0 Å². The Balaban J connectivity index is 2.08. The van der Waals surface area contributed by atoms with Crippen LogP contribution in [0.3, 0.4) is 0 Å². The Morgan fingerprint density at radius 3 is 2.86 bits per heavy atom. The van der Waals surface area contributed by atoms with E-state index < -0.39 is 5.60 Å². The van der Waals surface area contributed by atoms with Gasteiger partial charge < -0.3 is 9.84 Å². The van der Waals surface area contributed by atoms with Gasteiger partial charge in [0.05, 0.1) is 12.2 Å². The third-order valence-electron chi connectivity index (χ3n) is 4.22. The third-order valence-corrected chi connectivity index (χ3v) is 4.22. The van der Waals surface area contributed by atoms with Crippen molar-refractivity contribution in [3.63, 3.8) is 0 Å². The van der Waals surface area contributed by atoms with E-state index in [1.165, 1.54) is 19.3 Å². The van der Waals surface area contributed by atoms with E-state index >= 15 is 0 Å². The summed E-state index contributed by atoms with van der Waals surface area (Å²) in [4.78, 5) is 0. The van der Waals surface area contributed by atoms with Gasteiger partial charge in [-0.1, -0.05) is 26.2 Å². The molecule has 0 aromatic rings. The molecule has 1 N–H and O–H groups in total. The van der Waals surface area contributed by atoms with Crippen LogP contribution in [0.1, 0.15) is 45.4 Å². The monoisotopic (exact) mass is 198 g/mol. The predicted molar refractivity (Wildman–Crippen MR) is 56.1 cm³/mol. The van der Waals surface area contributed by atoms with Crippen LogP contribution in [-0.4, -0.2) is 23.9 Å². The molecular weight excluding hydrogens is 176 g/mol. The maximum Gasteiger partial charge on any atom is 0.0726 e. The normalized spacial score (nSPS) is 44.1. The Kier molecular flexibility index (Phi) is 3.13. The second kappa shape index (κ2) is 4.19. The van der Waals surface area contributed by atoms with Gasteiger partial charge in [0.25, 0.3) is 0 Å². The highest BCUT2D eigenvalue weighted by Gasteiger charge is 2.45. The fourth-order valence-corrected chi connectivity index (χ4v) is 3.28. The van der Waals surface area contributed by atoms with Crippen LogP contribution >= 0.6 is 0 Å². The van der Waals surface area contributed by atoms with Crippen molar-refractivity contribution in [2.45, 2.75) is 51.0 Å². The molecule has 0 amide bonds. The molecular formula is C12H22O2. The Morgan fingerprint density at radius 1 is 1.36 bits per heavy atom. The first kappa shape index (κ1) is 10.4. The fraction of sp³-hybridized carbons (Fsp3) is 1.00. The van der Waals surface area contributed by atoms with Gasteiger partial charge in [0.15, 0.2) is 0 Å². The molecule has 0 bridgehead atoms. The second-order valence-electron chi connectivity index (χ2n) is 4.90. The zero-order chi connectivity index (χ0) is 10.0. The number of hydrogen-bond acceptors (Lipinski definition) is 2. The van der Waals surface area contributed by atoms with E-state index in [1.807, 2.05) is 0 Å². The van der Waals surface area contributed by atoms with E-state index in [1.54, 1.807) is 0 Å². The molecule has 14 heavy (non-hydrogen) atoms. The average molecular weight is 198 g/mol. The van der Waals surface area contributed by atoms with Gasteiger partial charge in [-0.2, -0.15) is 0 Å². The summed E-state index contributed by atoms with van der Waals surface area (Å²) in [7, 11) is 0. The molecule has 1 aliphatic heterocycles. The van der Waals surface area contributed by atoms with Crippen LogP contribution in [0.25, 0.3) is 0 Å². The summed E-state index contributed by atoms with van der Waals surface area (Å²) in [5.74, 6) is 0.927. The molecule has 0 aromatic heterocycles. The van der Waals surface area contributed by atoms with E-state index in [0.29, 0.717) is 11.8 Å². The van der Waals surface area contributed by atoms with Crippen molar-refractivity contribution in [1.82, 2.24) is 0 Å². The number of rotatable bonds is 2. The largest absolute Gasteiger partial charge is 0.389 e. The summed E-state index contributed by atoms with van der Waals surface area (Å²) >= 11 is 0. The average Bonchev–Trinajstić information content (AvgIpc) is 2.72. The zero-order valence-electron chi connectivity index (χ0n) is 9.17. The topological polar surface area (TPSA) is 29.5 Å². The first-order chi connectivity index (χ1) is 6.77. The number of aliphatic hydroxyl groups is 1. The number of ether oxygens (including phenoxy) is 1. The lowest BCUT2D eigenvalue weighted by molar-refractivity contribution is -0.0965. The molecule has 1 saturated heterocycles. The first-order valence-electron chi connectivity index (χ1n) is 6.07. The summed E-state index contributed by atoms with van der Waals surface area (Å²) in [6.45, 7) is 3.84. The Hall–Kier alpha value is -0.0800. The van der Waals surface area contributed by atoms with Gasteiger partial charge in [0, 0.05) is 12.5 Å². The summed E-state index contributed by atoms with van der Waals surface area (Å²) in [6, 6.07) is 0. The van der Waals surface area contributed by atoms with Crippen molar-refractivity contribution in [3.05, 3.63) is 0 Å². The van der Waals surface area contributed by atoms with Gasteiger partial charge in [0.1, 0.15) is 0 Å². The van der Waals surface area contributed by atoms with E-state index in [9.17, 15) is 5.11 Å². The second-order valence-corrected chi connectivity index (χ2v) is 4.90. The molecule has 2 aliphatic rings. The van der Waals surface area contributed by atoms with Crippen molar-refractivity contribution in [2.75, 3.05) is 13.2 Å². The van der Waals surface area contributed by atoms with Crippen LogP contribution in [0.4, 0.5) is 0 Å². The molecule has 0 radical (unpaired) electrons. The summed E-state index contributed by atoms with van der Waals surface area (Å²) < 4.78 is 5.41. The van der Waals surface area contributed by atoms with Crippen molar-refractivity contribution < 1.29 is 9.84 Å². The Labute approximate surface area is 86.6 Å². The highest BCUT2D eigenvalue weighted by atomic mass is 16.5. The smallest absolute Gasteiger partial charge is 0.0726 e. The lowest BCUT2D eigenvalue weighted by Gasteiger charge is -2.43. The van der Waals surface area contributed by atoms with Crippen LogP contribution in [0.15, 0.2) is 0 Å². The van der Waals surface area contributed by atoms with Crippen molar-refractivity contribution in [2.24, 2.45) is 11.8 Å². The van der Waals surface area contributed by atoms with E-state index in [-0.39, 0.29) is 0 Å². The third kappa shape index (κ3) is 1.70. The Morgan fingerprint density at radius 2 is 2.21 bits per heavy atom. The molecule has 2 fully saturated rings. The van der Waals surface area contributed by atoms with Crippen molar-refractivity contribution in [1.29, 1.82) is 0 Å². The van der Waals surface area contributed by atoms with Gasteiger partial charge in [-0.3, -0.25) is 0 Å². The molecule has 0 aromatic carbocycles. The fourth-order valence-electron chi connectivity index (χ4n) is 3.28. The number of hydrogen-bond donors (Lipinski definition) is 1. The first-order valence-corrected chi connectivity index (χ1v) is 6.07. The molecule has 2 rings (SSSR count). The lowest BCUT2D eigenvalue weighted by Crippen LogP contribution is -2.47. The molecule has 1 saturated carbocycles. The summed E-state index contributed by atoms with van der Waals surface area (Å²) in [5, 5.41) is 10.8. The summed E-state index contributed by atoms with van der Waals surface area (Å²) in [5.41, 5.74) is -0.399. The molecule has 3 unspecified atom stereocenters. The van der Waals surface area contributed by atoms with Crippen molar-refractivity contribution >= 4 is 0 Å². The standard InChI is InChI=1S/C12H22O2/c1-2-10-5-3-4-7-12(10,13)11-6-8-14-9-11/h10-11,13H,2-9H2,1H3. The minimum atomic E-state index is -0.399. The molecule has 82 valence electrons. The van der Waals surface area contributed by atoms with Gasteiger partial charge in [0.2, 0.25) is 0 Å². The molecule has 3 atom stereocenters. The summed E-state index contributed by atoms with van der Waals surface area (Å²) in [6.07, 6.45) is 6.89. The molecule has 2 heteroatoms. The quantitative estimate of drug-likeness (QED) is 0.738. The van der Waals surface area contributed by atoms with Crippen LogP contribution in [0, 0.1) is 11.8 Å². The van der Waals surface area contributed by atoms with Crippen LogP contribution < -0.4 is 0 Å². The lowest BCUT2D eigenvalue weighted by atomic mass is 9.67. The van der Waals surface area contributed by atoms with E-state index in [4.69, 9.17) is 4.74 Å². The highest BCUT2D eigenvalue weighted by molar-refractivity contribution is 4.95. The SMILES string of the molecule is CCC1CCCCC1(O)C1CCOC1. The maximum atomic E-state index is 10.8. The van der Waals surface area contributed by atoms with Crippen LogP contribution in [-0.2, 0) is 4.74 Å². The van der Waals surface area contributed by atoms with E-state index in [2.05, 4.69) is 6.92 Å². The molecule has 1 heterocycles. The maximum absolute atomic E-state index is 10.8.